The zero-order valence-electron chi connectivity index (χ0n) is 12.6. The summed E-state index contributed by atoms with van der Waals surface area (Å²) in [5.41, 5.74) is 4.44. The molecule has 0 aliphatic rings. The van der Waals surface area contributed by atoms with E-state index in [9.17, 15) is 0 Å². The third kappa shape index (κ3) is 2.86. The molecule has 0 radical (unpaired) electrons. The second kappa shape index (κ2) is 6.25. The van der Waals surface area contributed by atoms with Crippen molar-refractivity contribution in [2.24, 2.45) is 5.14 Å². The predicted octanol–water partition coefficient (Wildman–Crippen LogP) is 3.86. The first-order valence-corrected chi connectivity index (χ1v) is 7.91. The van der Waals surface area contributed by atoms with Gasteiger partial charge in [0, 0.05) is 23.6 Å². The van der Waals surface area contributed by atoms with Crippen LogP contribution in [0.3, 0.4) is 0 Å². The minimum atomic E-state index is 0.841. The summed E-state index contributed by atoms with van der Waals surface area (Å²) in [5.74, 6) is 0.841. The average molecular weight is 310 g/mol. The fraction of sp³-hybridized carbons (Fsp3) is 0.118. The average Bonchev–Trinajstić information content (AvgIpc) is 3.00. The van der Waals surface area contributed by atoms with Crippen LogP contribution >= 0.6 is 11.9 Å². The minimum Gasteiger partial charge on any atom is -0.372 e. The minimum absolute atomic E-state index is 0.841. The summed E-state index contributed by atoms with van der Waals surface area (Å²) < 4.78 is 1.95. The second-order valence-corrected chi connectivity index (χ2v) is 5.76. The number of hydrogen-bond donors (Lipinski definition) is 2. The van der Waals surface area contributed by atoms with Crippen molar-refractivity contribution in [3.63, 3.8) is 0 Å². The largest absolute Gasteiger partial charge is 0.372 e. The highest BCUT2D eigenvalue weighted by molar-refractivity contribution is 7.97. The number of hydrogen-bond acceptors (Lipinski definition) is 4. The second-order valence-electron chi connectivity index (χ2n) is 5.05. The molecular formula is C17H18N4S. The first-order valence-electron chi connectivity index (χ1n) is 7.03. The lowest BCUT2D eigenvalue weighted by atomic mass is 10.1. The quantitative estimate of drug-likeness (QED) is 0.719. The van der Waals surface area contributed by atoms with Crippen LogP contribution in [0.4, 0.5) is 5.82 Å². The van der Waals surface area contributed by atoms with Gasteiger partial charge in [-0.3, -0.25) is 5.14 Å². The summed E-state index contributed by atoms with van der Waals surface area (Å²) in [7, 11) is 1.87. The van der Waals surface area contributed by atoms with Crippen molar-refractivity contribution in [3.8, 4) is 16.9 Å². The maximum atomic E-state index is 5.58. The highest BCUT2D eigenvalue weighted by Crippen LogP contribution is 2.27. The van der Waals surface area contributed by atoms with E-state index in [1.807, 2.05) is 36.0 Å². The molecular weight excluding hydrogens is 292 g/mol. The smallest absolute Gasteiger partial charge is 0.148 e. The molecule has 3 N–H and O–H groups in total. The number of nitrogens with one attached hydrogen (secondary N) is 1. The summed E-state index contributed by atoms with van der Waals surface area (Å²) >= 11 is 1.24. The van der Waals surface area contributed by atoms with Crippen LogP contribution in [0.1, 0.15) is 5.56 Å². The van der Waals surface area contributed by atoms with Crippen LogP contribution in [0.5, 0.6) is 0 Å². The number of nitrogens with two attached hydrogens (primary N) is 1. The highest BCUT2D eigenvalue weighted by Gasteiger charge is 2.11. The third-order valence-corrected chi connectivity index (χ3v) is 4.07. The van der Waals surface area contributed by atoms with Gasteiger partial charge in [-0.2, -0.15) is 0 Å². The SMILES string of the molecule is CNc1cc(-c2ccc(C)cc2)n(-c2ccc(SN)cc2)n1. The van der Waals surface area contributed by atoms with E-state index in [-0.39, 0.29) is 0 Å². The van der Waals surface area contributed by atoms with Crippen molar-refractivity contribution in [2.75, 3.05) is 12.4 Å². The summed E-state index contributed by atoms with van der Waals surface area (Å²) in [6.07, 6.45) is 0. The molecule has 1 heterocycles. The van der Waals surface area contributed by atoms with E-state index in [1.54, 1.807) is 0 Å². The number of nitrogens with zero attached hydrogens (tertiary/aromatic N) is 2. The molecule has 1 aromatic heterocycles. The summed E-state index contributed by atoms with van der Waals surface area (Å²) in [6.45, 7) is 2.09. The number of aromatic nitrogens is 2. The molecule has 0 atom stereocenters. The maximum Gasteiger partial charge on any atom is 0.148 e. The van der Waals surface area contributed by atoms with Gasteiger partial charge in [-0.25, -0.2) is 4.68 Å². The molecule has 4 nitrogen and oxygen atoms in total. The van der Waals surface area contributed by atoms with Crippen LogP contribution < -0.4 is 10.5 Å². The Hall–Kier alpha value is -2.24. The van der Waals surface area contributed by atoms with E-state index in [4.69, 9.17) is 5.14 Å². The molecule has 22 heavy (non-hydrogen) atoms. The van der Waals surface area contributed by atoms with Crippen molar-refractivity contribution in [3.05, 3.63) is 60.2 Å². The summed E-state index contributed by atoms with van der Waals surface area (Å²) in [5, 5.41) is 13.3. The fourth-order valence-corrected chi connectivity index (χ4v) is 2.59. The molecule has 0 aliphatic carbocycles. The van der Waals surface area contributed by atoms with Gasteiger partial charge in [0.1, 0.15) is 5.82 Å². The summed E-state index contributed by atoms with van der Waals surface area (Å²) in [6, 6.07) is 18.6. The Morgan fingerprint density at radius 1 is 1.05 bits per heavy atom. The molecule has 3 rings (SSSR count). The molecule has 0 bridgehead atoms. The molecule has 3 aromatic rings. The van der Waals surface area contributed by atoms with Crippen molar-refractivity contribution in [1.82, 2.24) is 9.78 Å². The van der Waals surface area contributed by atoms with Gasteiger partial charge in [0.25, 0.3) is 0 Å². The van der Waals surface area contributed by atoms with Crippen molar-refractivity contribution in [1.29, 1.82) is 0 Å². The standard InChI is InChI=1S/C17H18N4S/c1-12-3-5-13(6-4-12)16-11-17(19-2)20-21(16)14-7-9-15(22-18)10-8-14/h3-11H,18H2,1-2H3,(H,19,20). The molecule has 0 spiro atoms. The van der Waals surface area contributed by atoms with Gasteiger partial charge in [0.2, 0.25) is 0 Å². The number of aryl methyl sites for hydroxylation is 1. The van der Waals surface area contributed by atoms with Crippen molar-refractivity contribution >= 4 is 17.8 Å². The Kier molecular flexibility index (Phi) is 4.18. The molecule has 0 amide bonds. The van der Waals surface area contributed by atoms with Gasteiger partial charge in [0.15, 0.2) is 0 Å². The monoisotopic (exact) mass is 310 g/mol. The molecule has 5 heteroatoms. The predicted molar refractivity (Wildman–Crippen MR) is 93.3 cm³/mol. The van der Waals surface area contributed by atoms with Crippen LogP contribution in [-0.4, -0.2) is 16.8 Å². The van der Waals surface area contributed by atoms with E-state index in [1.165, 1.54) is 17.5 Å². The number of benzene rings is 2. The molecule has 0 fully saturated rings. The lowest BCUT2D eigenvalue weighted by Gasteiger charge is -2.08. The van der Waals surface area contributed by atoms with Gasteiger partial charge in [-0.05, 0) is 43.1 Å². The third-order valence-electron chi connectivity index (χ3n) is 3.53. The highest BCUT2D eigenvalue weighted by atomic mass is 32.2. The normalized spacial score (nSPS) is 10.7. The Balaban J connectivity index is 2.09. The molecule has 2 aromatic carbocycles. The van der Waals surface area contributed by atoms with Crippen LogP contribution in [0, 0.1) is 6.92 Å². The molecule has 0 saturated heterocycles. The van der Waals surface area contributed by atoms with Crippen LogP contribution in [-0.2, 0) is 0 Å². The van der Waals surface area contributed by atoms with Crippen LogP contribution in [0.25, 0.3) is 16.9 Å². The van der Waals surface area contributed by atoms with Gasteiger partial charge in [-0.15, -0.1) is 5.10 Å². The van der Waals surface area contributed by atoms with Gasteiger partial charge >= 0.3 is 0 Å². The van der Waals surface area contributed by atoms with Crippen LogP contribution in [0.2, 0.25) is 0 Å². The van der Waals surface area contributed by atoms with Gasteiger partial charge in [0.05, 0.1) is 11.4 Å². The zero-order valence-corrected chi connectivity index (χ0v) is 13.4. The Morgan fingerprint density at radius 3 is 2.32 bits per heavy atom. The van der Waals surface area contributed by atoms with E-state index in [0.29, 0.717) is 0 Å². The lowest BCUT2D eigenvalue weighted by molar-refractivity contribution is 0.889. The van der Waals surface area contributed by atoms with Crippen LogP contribution in [0.15, 0.2) is 59.5 Å². The van der Waals surface area contributed by atoms with E-state index < -0.39 is 0 Å². The summed E-state index contributed by atoms with van der Waals surface area (Å²) in [4.78, 5) is 1.03. The first kappa shape index (κ1) is 14.7. The van der Waals surface area contributed by atoms with Gasteiger partial charge in [-0.1, -0.05) is 29.8 Å². The zero-order chi connectivity index (χ0) is 15.5. The topological polar surface area (TPSA) is 55.9 Å². The van der Waals surface area contributed by atoms with E-state index in [0.717, 1.165) is 27.7 Å². The van der Waals surface area contributed by atoms with Crippen molar-refractivity contribution < 1.29 is 0 Å². The van der Waals surface area contributed by atoms with E-state index in [2.05, 4.69) is 47.7 Å². The number of anilines is 1. The Morgan fingerprint density at radius 2 is 1.73 bits per heavy atom. The van der Waals surface area contributed by atoms with E-state index >= 15 is 0 Å². The number of rotatable bonds is 4. The maximum absolute atomic E-state index is 5.58. The van der Waals surface area contributed by atoms with Crippen molar-refractivity contribution in [2.45, 2.75) is 11.8 Å². The fourth-order valence-electron chi connectivity index (χ4n) is 2.30. The van der Waals surface area contributed by atoms with Gasteiger partial charge < -0.3 is 5.32 Å². The molecule has 0 saturated carbocycles. The Labute approximate surface area is 134 Å². The first-order chi connectivity index (χ1) is 10.7. The molecule has 112 valence electrons. The molecule has 0 aliphatic heterocycles. The Bertz CT molecular complexity index is 760. The molecule has 0 unspecified atom stereocenters. The lowest BCUT2D eigenvalue weighted by Crippen LogP contribution is -2.00.